The number of anilines is 1. The molecule has 2 amide bonds. The minimum Gasteiger partial charge on any atom is -0.338 e. The normalized spacial score (nSPS) is 20.1. The number of rotatable bonds is 3. The predicted molar refractivity (Wildman–Crippen MR) is 125 cm³/mol. The van der Waals surface area contributed by atoms with Crippen molar-refractivity contribution in [3.05, 3.63) is 86.5 Å². The molecule has 5 rings (SSSR count). The van der Waals surface area contributed by atoms with Crippen LogP contribution in [0.4, 0.5) is 5.69 Å². The van der Waals surface area contributed by atoms with Crippen molar-refractivity contribution in [2.75, 3.05) is 18.0 Å². The highest BCUT2D eigenvalue weighted by Gasteiger charge is 2.62. The second-order valence-corrected chi connectivity index (χ2v) is 10.2. The van der Waals surface area contributed by atoms with Crippen molar-refractivity contribution in [2.24, 2.45) is 5.41 Å². The van der Waals surface area contributed by atoms with Crippen LogP contribution in [0.2, 0.25) is 9.36 Å². The first-order valence-corrected chi connectivity index (χ1v) is 11.8. The minimum absolute atomic E-state index is 0.0125. The maximum atomic E-state index is 13.5. The van der Waals surface area contributed by atoms with E-state index in [9.17, 15) is 9.59 Å². The van der Waals surface area contributed by atoms with Gasteiger partial charge in [0.15, 0.2) is 0 Å². The van der Waals surface area contributed by atoms with Gasteiger partial charge in [0.1, 0.15) is 0 Å². The van der Waals surface area contributed by atoms with Gasteiger partial charge in [-0.1, -0.05) is 53.5 Å². The van der Waals surface area contributed by atoms with Gasteiger partial charge in [-0.3, -0.25) is 9.59 Å². The van der Waals surface area contributed by atoms with Gasteiger partial charge in [-0.25, -0.2) is 0 Å². The van der Waals surface area contributed by atoms with Gasteiger partial charge >= 0.3 is 0 Å². The molecular weight excluding hydrogens is 451 g/mol. The van der Waals surface area contributed by atoms with Crippen molar-refractivity contribution in [1.29, 1.82) is 0 Å². The summed E-state index contributed by atoms with van der Waals surface area (Å²) in [4.78, 5) is 30.7. The molecule has 4 nitrogen and oxygen atoms in total. The van der Waals surface area contributed by atoms with Crippen LogP contribution in [-0.4, -0.2) is 29.8 Å². The molecule has 0 bridgehead atoms. The monoisotopic (exact) mass is 470 g/mol. The second kappa shape index (κ2) is 7.97. The van der Waals surface area contributed by atoms with Crippen molar-refractivity contribution in [3.63, 3.8) is 0 Å². The number of likely N-dealkylation sites (tertiary alicyclic amines) is 1. The van der Waals surface area contributed by atoms with E-state index in [2.05, 4.69) is 0 Å². The van der Waals surface area contributed by atoms with E-state index in [4.69, 9.17) is 23.2 Å². The number of carbonyl (C=O) groups excluding carboxylic acids is 2. The van der Waals surface area contributed by atoms with Crippen LogP contribution in [0.1, 0.15) is 34.1 Å². The lowest BCUT2D eigenvalue weighted by molar-refractivity contribution is -0.144. The number of β-lactam (4-membered cyclic amide) rings is 1. The summed E-state index contributed by atoms with van der Waals surface area (Å²) in [5.41, 5.74) is 1.45. The lowest BCUT2D eigenvalue weighted by Gasteiger charge is -2.59. The number of amides is 2. The van der Waals surface area contributed by atoms with E-state index in [-0.39, 0.29) is 17.9 Å². The highest BCUT2D eigenvalue weighted by Crippen LogP contribution is 2.57. The molecule has 1 spiro atoms. The second-order valence-electron chi connectivity index (χ2n) is 8.02. The molecule has 2 saturated heterocycles. The molecule has 0 N–H and O–H groups in total. The van der Waals surface area contributed by atoms with Crippen LogP contribution in [0.25, 0.3) is 0 Å². The lowest BCUT2D eigenvalue weighted by atomic mass is 9.62. The van der Waals surface area contributed by atoms with Gasteiger partial charge < -0.3 is 9.80 Å². The maximum Gasteiger partial charge on any atom is 0.263 e. The Labute approximate surface area is 195 Å². The molecule has 1 aromatic heterocycles. The summed E-state index contributed by atoms with van der Waals surface area (Å²) in [6, 6.07) is 20.9. The van der Waals surface area contributed by atoms with Crippen LogP contribution in [0, 0.1) is 5.41 Å². The molecule has 3 aromatic rings. The third-order valence-electron chi connectivity index (χ3n) is 6.37. The summed E-state index contributed by atoms with van der Waals surface area (Å²) in [6.07, 6.45) is 1.26. The Bertz CT molecular complexity index is 1120. The summed E-state index contributed by atoms with van der Waals surface area (Å²) < 4.78 is 0.604. The predicted octanol–water partition coefficient (Wildman–Crippen LogP) is 6.07. The average molecular weight is 471 g/mol. The Morgan fingerprint density at radius 2 is 1.61 bits per heavy atom. The fourth-order valence-electron chi connectivity index (χ4n) is 4.80. The third-order valence-corrected chi connectivity index (χ3v) is 7.84. The van der Waals surface area contributed by atoms with Crippen molar-refractivity contribution in [3.8, 4) is 0 Å². The molecule has 2 aromatic carbocycles. The Morgan fingerprint density at radius 1 is 0.935 bits per heavy atom. The van der Waals surface area contributed by atoms with Crippen molar-refractivity contribution < 1.29 is 9.59 Å². The third kappa shape index (κ3) is 3.45. The first kappa shape index (κ1) is 20.6. The van der Waals surface area contributed by atoms with Gasteiger partial charge in [-0.05, 0) is 54.8 Å². The largest absolute Gasteiger partial charge is 0.338 e. The van der Waals surface area contributed by atoms with Crippen molar-refractivity contribution in [2.45, 2.75) is 18.9 Å². The Balaban J connectivity index is 1.43. The van der Waals surface area contributed by atoms with Gasteiger partial charge in [0, 0.05) is 23.8 Å². The number of hydrogen-bond donors (Lipinski definition) is 0. The molecule has 2 aliphatic rings. The molecule has 31 heavy (non-hydrogen) atoms. The first-order valence-electron chi connectivity index (χ1n) is 10.2. The molecular formula is C24H20Cl2N2O2S. The molecule has 158 valence electrons. The molecule has 7 heteroatoms. The number of benzene rings is 2. The number of halogens is 2. The molecule has 3 heterocycles. The van der Waals surface area contributed by atoms with E-state index >= 15 is 0 Å². The minimum atomic E-state index is -0.506. The highest BCUT2D eigenvalue weighted by atomic mass is 35.5. The van der Waals surface area contributed by atoms with E-state index in [0.29, 0.717) is 40.2 Å². The summed E-state index contributed by atoms with van der Waals surface area (Å²) >= 11 is 13.4. The van der Waals surface area contributed by atoms with Crippen LogP contribution in [0.5, 0.6) is 0 Å². The van der Waals surface area contributed by atoms with Gasteiger partial charge in [-0.2, -0.15) is 0 Å². The number of piperidine rings is 1. The zero-order chi connectivity index (χ0) is 21.6. The van der Waals surface area contributed by atoms with Gasteiger partial charge in [-0.15, -0.1) is 11.3 Å². The van der Waals surface area contributed by atoms with Crippen LogP contribution >= 0.6 is 34.5 Å². The zero-order valence-electron chi connectivity index (χ0n) is 16.6. The Hall–Kier alpha value is -2.34. The standard InChI is InChI=1S/C24H20Cl2N2O2S/c25-17-8-6-16(7-9-17)21-24(23(30)28(21)18-4-2-1-3-5-18)12-14-27(15-13-24)22(29)19-10-11-20(26)31-19/h1-11,21H,12-15H2. The summed E-state index contributed by atoms with van der Waals surface area (Å²) in [5.74, 6) is 0.117. The first-order chi connectivity index (χ1) is 15.0. The van der Waals surface area contributed by atoms with Crippen LogP contribution < -0.4 is 4.90 Å². The fourth-order valence-corrected chi connectivity index (χ4v) is 5.94. The van der Waals surface area contributed by atoms with Crippen LogP contribution in [0.3, 0.4) is 0 Å². The van der Waals surface area contributed by atoms with E-state index < -0.39 is 5.41 Å². The summed E-state index contributed by atoms with van der Waals surface area (Å²) in [6.45, 7) is 1.10. The smallest absolute Gasteiger partial charge is 0.263 e. The topological polar surface area (TPSA) is 40.6 Å². The zero-order valence-corrected chi connectivity index (χ0v) is 19.0. The van der Waals surface area contributed by atoms with Gasteiger partial charge in [0.05, 0.1) is 20.7 Å². The van der Waals surface area contributed by atoms with Crippen molar-refractivity contribution in [1.82, 2.24) is 4.90 Å². The quantitative estimate of drug-likeness (QED) is 0.436. The van der Waals surface area contributed by atoms with Crippen LogP contribution in [0.15, 0.2) is 66.7 Å². The van der Waals surface area contributed by atoms with E-state index in [0.717, 1.165) is 11.3 Å². The molecule has 1 atom stereocenters. The van der Waals surface area contributed by atoms with Crippen LogP contribution in [-0.2, 0) is 4.79 Å². The number of nitrogens with zero attached hydrogens (tertiary/aromatic N) is 2. The molecule has 0 aliphatic carbocycles. The summed E-state index contributed by atoms with van der Waals surface area (Å²) in [5, 5.41) is 0.671. The average Bonchev–Trinajstić information content (AvgIpc) is 3.24. The number of hydrogen-bond acceptors (Lipinski definition) is 3. The highest BCUT2D eigenvalue weighted by molar-refractivity contribution is 7.17. The van der Waals surface area contributed by atoms with E-state index in [1.54, 1.807) is 12.1 Å². The van der Waals surface area contributed by atoms with E-state index in [1.807, 2.05) is 64.4 Å². The molecule has 2 fully saturated rings. The molecule has 0 saturated carbocycles. The van der Waals surface area contributed by atoms with E-state index in [1.165, 1.54) is 11.3 Å². The fraction of sp³-hybridized carbons (Fsp3) is 0.250. The SMILES string of the molecule is O=C(c1ccc(Cl)s1)N1CCC2(CC1)C(=O)N(c1ccccc1)C2c1ccc(Cl)cc1. The molecule has 2 aliphatic heterocycles. The Kier molecular flexibility index (Phi) is 5.29. The maximum absolute atomic E-state index is 13.5. The van der Waals surface area contributed by atoms with Crippen molar-refractivity contribution >= 4 is 52.0 Å². The van der Waals surface area contributed by atoms with Gasteiger partial charge in [0.2, 0.25) is 5.91 Å². The number of para-hydroxylation sites is 1. The summed E-state index contributed by atoms with van der Waals surface area (Å²) in [7, 11) is 0. The number of thiophene rings is 1. The molecule has 1 unspecified atom stereocenters. The molecule has 0 radical (unpaired) electrons. The lowest BCUT2D eigenvalue weighted by Crippen LogP contribution is -2.67. The Morgan fingerprint density at radius 3 is 2.23 bits per heavy atom. The number of carbonyl (C=O) groups is 2. The van der Waals surface area contributed by atoms with Gasteiger partial charge in [0.25, 0.3) is 5.91 Å².